The molecule has 0 aromatic heterocycles. The molecule has 3 unspecified atom stereocenters. The molecule has 0 spiro atoms. The summed E-state index contributed by atoms with van der Waals surface area (Å²) in [6, 6.07) is 0.610. The molecule has 96 valence electrons. The second-order valence-electron chi connectivity index (χ2n) is 6.93. The lowest BCUT2D eigenvalue weighted by Gasteiger charge is -2.43. The predicted octanol–water partition coefficient (Wildman–Crippen LogP) is 2.73. The Kier molecular flexibility index (Phi) is 4.81. The molecule has 1 heterocycles. The van der Waals surface area contributed by atoms with E-state index in [1.165, 1.54) is 25.9 Å². The molecule has 1 rings (SSSR count). The molecule has 0 aromatic rings. The fraction of sp³-hybridized carbons (Fsp3) is 1.00. The minimum Gasteiger partial charge on any atom is -0.329 e. The largest absolute Gasteiger partial charge is 0.329 e. The van der Waals surface area contributed by atoms with Gasteiger partial charge in [-0.05, 0) is 36.6 Å². The Labute approximate surface area is 102 Å². The van der Waals surface area contributed by atoms with Crippen molar-refractivity contribution in [1.82, 2.24) is 4.90 Å². The van der Waals surface area contributed by atoms with Gasteiger partial charge in [-0.2, -0.15) is 0 Å². The van der Waals surface area contributed by atoms with Crippen LogP contribution in [0.25, 0.3) is 0 Å². The van der Waals surface area contributed by atoms with Crippen molar-refractivity contribution >= 4 is 0 Å². The summed E-state index contributed by atoms with van der Waals surface area (Å²) in [7, 11) is 0. The van der Waals surface area contributed by atoms with Gasteiger partial charge in [-0.25, -0.2) is 0 Å². The normalized spacial score (nSPS) is 33.0. The molecule has 1 aliphatic rings. The van der Waals surface area contributed by atoms with E-state index in [1.807, 2.05) is 0 Å². The Hall–Kier alpha value is -0.0800. The van der Waals surface area contributed by atoms with Crippen LogP contribution in [0.3, 0.4) is 0 Å². The molecule has 0 aromatic carbocycles. The zero-order chi connectivity index (χ0) is 12.3. The van der Waals surface area contributed by atoms with Gasteiger partial charge in [-0.1, -0.05) is 34.6 Å². The van der Waals surface area contributed by atoms with Gasteiger partial charge in [0.2, 0.25) is 0 Å². The second kappa shape index (κ2) is 5.50. The maximum atomic E-state index is 5.93. The van der Waals surface area contributed by atoms with Crippen molar-refractivity contribution < 1.29 is 0 Å². The number of hydrogen-bond acceptors (Lipinski definition) is 2. The van der Waals surface area contributed by atoms with Gasteiger partial charge in [0.25, 0.3) is 0 Å². The number of rotatable bonds is 3. The van der Waals surface area contributed by atoms with Gasteiger partial charge < -0.3 is 5.73 Å². The molecule has 0 amide bonds. The highest BCUT2D eigenvalue weighted by Gasteiger charge is 2.31. The van der Waals surface area contributed by atoms with Crippen molar-refractivity contribution in [3.8, 4) is 0 Å². The summed E-state index contributed by atoms with van der Waals surface area (Å²) in [6.07, 6.45) is 2.61. The summed E-state index contributed by atoms with van der Waals surface area (Å²) in [4.78, 5) is 2.63. The van der Waals surface area contributed by atoms with Gasteiger partial charge in [0.15, 0.2) is 0 Å². The van der Waals surface area contributed by atoms with Gasteiger partial charge in [0.1, 0.15) is 0 Å². The Balaban J connectivity index is 2.54. The van der Waals surface area contributed by atoms with Gasteiger partial charge in [-0.15, -0.1) is 0 Å². The van der Waals surface area contributed by atoms with Crippen LogP contribution in [-0.2, 0) is 0 Å². The summed E-state index contributed by atoms with van der Waals surface area (Å²) in [6.45, 7) is 15.0. The SMILES string of the molecule is CC1CC(C)C(CN)N(CCC(C)(C)C)C1. The van der Waals surface area contributed by atoms with E-state index in [1.54, 1.807) is 0 Å². The minimum atomic E-state index is 0.434. The monoisotopic (exact) mass is 226 g/mol. The van der Waals surface area contributed by atoms with E-state index < -0.39 is 0 Å². The van der Waals surface area contributed by atoms with Crippen molar-refractivity contribution in [1.29, 1.82) is 0 Å². The van der Waals surface area contributed by atoms with Gasteiger partial charge in [0, 0.05) is 19.1 Å². The van der Waals surface area contributed by atoms with E-state index >= 15 is 0 Å². The van der Waals surface area contributed by atoms with Crippen LogP contribution in [0.4, 0.5) is 0 Å². The smallest absolute Gasteiger partial charge is 0.0244 e. The first-order valence-electron chi connectivity index (χ1n) is 6.77. The molecule has 2 N–H and O–H groups in total. The molecule has 0 bridgehead atoms. The lowest BCUT2D eigenvalue weighted by atomic mass is 9.84. The number of nitrogens with two attached hydrogens (primary N) is 1. The molecule has 0 aliphatic carbocycles. The average molecular weight is 226 g/mol. The molecule has 16 heavy (non-hydrogen) atoms. The summed E-state index contributed by atoms with van der Waals surface area (Å²) in [5.74, 6) is 1.59. The fourth-order valence-electron chi connectivity index (χ4n) is 2.88. The Morgan fingerprint density at radius 1 is 1.25 bits per heavy atom. The molecule has 3 atom stereocenters. The predicted molar refractivity (Wildman–Crippen MR) is 71.4 cm³/mol. The molecule has 1 saturated heterocycles. The van der Waals surface area contributed by atoms with E-state index in [0.29, 0.717) is 11.5 Å². The highest BCUT2D eigenvalue weighted by atomic mass is 15.2. The standard InChI is InChI=1S/C14H30N2/c1-11-8-12(2)13(9-15)16(10-11)7-6-14(3,4)5/h11-13H,6-10,15H2,1-5H3. The van der Waals surface area contributed by atoms with Gasteiger partial charge >= 0.3 is 0 Å². The third-order valence-corrected chi connectivity index (χ3v) is 3.84. The van der Waals surface area contributed by atoms with Crippen LogP contribution < -0.4 is 5.73 Å². The molecular formula is C14H30N2. The van der Waals surface area contributed by atoms with Crippen molar-refractivity contribution in [2.75, 3.05) is 19.6 Å². The van der Waals surface area contributed by atoms with E-state index in [-0.39, 0.29) is 0 Å². The van der Waals surface area contributed by atoms with Crippen LogP contribution in [0.15, 0.2) is 0 Å². The van der Waals surface area contributed by atoms with Crippen molar-refractivity contribution in [3.05, 3.63) is 0 Å². The quantitative estimate of drug-likeness (QED) is 0.802. The van der Waals surface area contributed by atoms with Crippen LogP contribution >= 0.6 is 0 Å². The number of piperidine rings is 1. The molecular weight excluding hydrogens is 196 g/mol. The van der Waals surface area contributed by atoms with E-state index in [9.17, 15) is 0 Å². The topological polar surface area (TPSA) is 29.3 Å². The second-order valence-corrected chi connectivity index (χ2v) is 6.93. The van der Waals surface area contributed by atoms with E-state index in [4.69, 9.17) is 5.73 Å². The summed E-state index contributed by atoms with van der Waals surface area (Å²) >= 11 is 0. The lowest BCUT2D eigenvalue weighted by molar-refractivity contribution is 0.0637. The zero-order valence-corrected chi connectivity index (χ0v) is 11.8. The molecule has 0 saturated carbocycles. The fourth-order valence-corrected chi connectivity index (χ4v) is 2.88. The van der Waals surface area contributed by atoms with Crippen molar-refractivity contribution in [2.24, 2.45) is 23.0 Å². The average Bonchev–Trinajstić information content (AvgIpc) is 2.12. The highest BCUT2D eigenvalue weighted by molar-refractivity contribution is 4.86. The maximum Gasteiger partial charge on any atom is 0.0244 e. The van der Waals surface area contributed by atoms with E-state index in [2.05, 4.69) is 39.5 Å². The molecule has 2 nitrogen and oxygen atoms in total. The Morgan fingerprint density at radius 3 is 2.38 bits per heavy atom. The van der Waals surface area contributed by atoms with Crippen LogP contribution in [0.5, 0.6) is 0 Å². The number of hydrogen-bond donors (Lipinski definition) is 1. The first kappa shape index (κ1) is 14.0. The lowest BCUT2D eigenvalue weighted by Crippen LogP contribution is -2.51. The summed E-state index contributed by atoms with van der Waals surface area (Å²) < 4.78 is 0. The number of likely N-dealkylation sites (tertiary alicyclic amines) is 1. The first-order valence-corrected chi connectivity index (χ1v) is 6.77. The van der Waals surface area contributed by atoms with E-state index in [0.717, 1.165) is 18.4 Å². The first-order chi connectivity index (χ1) is 7.33. The minimum absolute atomic E-state index is 0.434. The van der Waals surface area contributed by atoms with Crippen LogP contribution in [0.1, 0.15) is 47.5 Å². The molecule has 2 heteroatoms. The molecule has 1 aliphatic heterocycles. The van der Waals surface area contributed by atoms with Crippen LogP contribution in [0.2, 0.25) is 0 Å². The van der Waals surface area contributed by atoms with Gasteiger partial charge in [-0.3, -0.25) is 4.90 Å². The summed E-state index contributed by atoms with van der Waals surface area (Å²) in [5.41, 5.74) is 6.36. The van der Waals surface area contributed by atoms with Crippen molar-refractivity contribution in [2.45, 2.75) is 53.5 Å². The Morgan fingerprint density at radius 2 is 1.88 bits per heavy atom. The third kappa shape index (κ3) is 4.06. The van der Waals surface area contributed by atoms with Gasteiger partial charge in [0.05, 0.1) is 0 Å². The van der Waals surface area contributed by atoms with Crippen molar-refractivity contribution in [3.63, 3.8) is 0 Å². The summed E-state index contributed by atoms with van der Waals surface area (Å²) in [5, 5.41) is 0. The third-order valence-electron chi connectivity index (χ3n) is 3.84. The molecule has 0 radical (unpaired) electrons. The number of nitrogens with zero attached hydrogens (tertiary/aromatic N) is 1. The van der Waals surface area contributed by atoms with Crippen LogP contribution in [0, 0.1) is 17.3 Å². The molecule has 1 fully saturated rings. The van der Waals surface area contributed by atoms with Crippen LogP contribution in [-0.4, -0.2) is 30.6 Å². The highest BCUT2D eigenvalue weighted by Crippen LogP contribution is 2.28. The maximum absolute atomic E-state index is 5.93. The Bertz CT molecular complexity index is 207. The zero-order valence-electron chi connectivity index (χ0n) is 11.8.